The molecule has 0 saturated carbocycles. The van der Waals surface area contributed by atoms with Crippen LogP contribution in [-0.4, -0.2) is 52.1 Å². The fraction of sp³-hybridized carbons (Fsp3) is 0.688. The molecule has 0 spiro atoms. The van der Waals surface area contributed by atoms with Crippen molar-refractivity contribution in [3.05, 3.63) is 18.2 Å². The second-order valence-corrected chi connectivity index (χ2v) is 5.80. The summed E-state index contributed by atoms with van der Waals surface area (Å²) in [5.74, 6) is 1.07. The van der Waals surface area contributed by atoms with E-state index >= 15 is 0 Å². The van der Waals surface area contributed by atoms with Crippen LogP contribution in [0.3, 0.4) is 0 Å². The second-order valence-electron chi connectivity index (χ2n) is 5.80. The maximum atomic E-state index is 12.1. The van der Waals surface area contributed by atoms with Gasteiger partial charge in [-0.05, 0) is 19.8 Å². The molecule has 0 radical (unpaired) electrons. The number of piperidine rings is 1. The third kappa shape index (κ3) is 4.97. The molecular weight excluding hydrogens is 294 g/mol. The van der Waals surface area contributed by atoms with Gasteiger partial charge in [-0.15, -0.1) is 0 Å². The first-order chi connectivity index (χ1) is 11.1. The topological polar surface area (TPSA) is 79.3 Å². The SMILES string of the molecule is CCNC(=O)N1CCC(NC(=O)CCn2ccnc2CC)CC1. The summed E-state index contributed by atoms with van der Waals surface area (Å²) in [6, 6.07) is 0.158. The number of amides is 3. The van der Waals surface area contributed by atoms with Crippen molar-refractivity contribution in [2.75, 3.05) is 19.6 Å². The van der Waals surface area contributed by atoms with Crippen LogP contribution in [-0.2, 0) is 17.8 Å². The first-order valence-electron chi connectivity index (χ1n) is 8.46. The minimum absolute atomic E-state index is 0.00974. The molecule has 3 amide bonds. The maximum Gasteiger partial charge on any atom is 0.317 e. The smallest absolute Gasteiger partial charge is 0.317 e. The fourth-order valence-corrected chi connectivity index (χ4v) is 2.87. The summed E-state index contributed by atoms with van der Waals surface area (Å²) in [6.45, 7) is 6.66. The second kappa shape index (κ2) is 8.55. The summed E-state index contributed by atoms with van der Waals surface area (Å²) < 4.78 is 2.03. The molecular formula is C16H27N5O2. The van der Waals surface area contributed by atoms with Gasteiger partial charge >= 0.3 is 6.03 Å². The van der Waals surface area contributed by atoms with Crippen molar-refractivity contribution in [2.45, 2.75) is 52.1 Å². The van der Waals surface area contributed by atoms with Gasteiger partial charge in [0.05, 0.1) is 0 Å². The van der Waals surface area contributed by atoms with Gasteiger partial charge in [-0.3, -0.25) is 4.79 Å². The van der Waals surface area contributed by atoms with E-state index in [0.29, 0.717) is 32.6 Å². The molecule has 7 heteroatoms. The summed E-state index contributed by atoms with van der Waals surface area (Å²) in [7, 11) is 0. The summed E-state index contributed by atoms with van der Waals surface area (Å²) in [5.41, 5.74) is 0. The highest BCUT2D eigenvalue weighted by Crippen LogP contribution is 2.11. The maximum absolute atomic E-state index is 12.1. The van der Waals surface area contributed by atoms with Crippen LogP contribution in [0.1, 0.15) is 38.9 Å². The van der Waals surface area contributed by atoms with Crippen LogP contribution >= 0.6 is 0 Å². The van der Waals surface area contributed by atoms with Gasteiger partial charge in [0, 0.05) is 57.5 Å². The Morgan fingerprint density at radius 1 is 1.30 bits per heavy atom. The molecule has 0 bridgehead atoms. The third-order valence-electron chi connectivity index (χ3n) is 4.17. The average Bonchev–Trinajstić information content (AvgIpc) is 3.01. The van der Waals surface area contributed by atoms with Crippen LogP contribution in [0.2, 0.25) is 0 Å². The molecule has 128 valence electrons. The van der Waals surface area contributed by atoms with Gasteiger partial charge in [-0.25, -0.2) is 9.78 Å². The average molecular weight is 321 g/mol. The molecule has 7 nitrogen and oxygen atoms in total. The van der Waals surface area contributed by atoms with Crippen LogP contribution in [0, 0.1) is 0 Å². The van der Waals surface area contributed by atoms with E-state index in [-0.39, 0.29) is 18.0 Å². The Hall–Kier alpha value is -2.05. The fourth-order valence-electron chi connectivity index (χ4n) is 2.87. The predicted molar refractivity (Wildman–Crippen MR) is 88.0 cm³/mol. The summed E-state index contributed by atoms with van der Waals surface area (Å²) in [5, 5.41) is 5.89. The van der Waals surface area contributed by atoms with Crippen molar-refractivity contribution >= 4 is 11.9 Å². The number of aromatic nitrogens is 2. The lowest BCUT2D eigenvalue weighted by atomic mass is 10.1. The van der Waals surface area contributed by atoms with Crippen molar-refractivity contribution < 1.29 is 9.59 Å². The highest BCUT2D eigenvalue weighted by Gasteiger charge is 2.23. The number of nitrogens with one attached hydrogen (secondary N) is 2. The number of likely N-dealkylation sites (tertiary alicyclic amines) is 1. The van der Waals surface area contributed by atoms with Crippen molar-refractivity contribution in [2.24, 2.45) is 0 Å². The number of carbonyl (C=O) groups is 2. The van der Waals surface area contributed by atoms with Gasteiger partial charge in [0.1, 0.15) is 5.82 Å². The minimum Gasteiger partial charge on any atom is -0.353 e. The molecule has 1 aliphatic heterocycles. The molecule has 1 aromatic heterocycles. The summed E-state index contributed by atoms with van der Waals surface area (Å²) in [4.78, 5) is 29.9. The molecule has 0 unspecified atom stereocenters. The van der Waals surface area contributed by atoms with E-state index in [1.165, 1.54) is 0 Å². The lowest BCUT2D eigenvalue weighted by molar-refractivity contribution is -0.122. The van der Waals surface area contributed by atoms with Crippen LogP contribution in [0.5, 0.6) is 0 Å². The molecule has 0 atom stereocenters. The number of nitrogens with zero attached hydrogens (tertiary/aromatic N) is 3. The Bertz CT molecular complexity index is 520. The largest absolute Gasteiger partial charge is 0.353 e. The van der Waals surface area contributed by atoms with Gasteiger partial charge in [-0.1, -0.05) is 6.92 Å². The Morgan fingerprint density at radius 3 is 2.70 bits per heavy atom. The predicted octanol–water partition coefficient (Wildman–Crippen LogP) is 1.15. The Labute approximate surface area is 137 Å². The number of hydrogen-bond acceptors (Lipinski definition) is 3. The van der Waals surface area contributed by atoms with E-state index in [0.717, 1.165) is 25.1 Å². The van der Waals surface area contributed by atoms with E-state index in [9.17, 15) is 9.59 Å². The Morgan fingerprint density at radius 2 is 2.04 bits per heavy atom. The zero-order valence-corrected chi connectivity index (χ0v) is 14.0. The number of hydrogen-bond donors (Lipinski definition) is 2. The van der Waals surface area contributed by atoms with Crippen molar-refractivity contribution in [1.82, 2.24) is 25.1 Å². The minimum atomic E-state index is -0.00974. The molecule has 2 N–H and O–H groups in total. The van der Waals surface area contributed by atoms with Gasteiger partial charge in [0.2, 0.25) is 5.91 Å². The molecule has 1 aliphatic rings. The highest BCUT2D eigenvalue weighted by atomic mass is 16.2. The first kappa shape index (κ1) is 17.3. The standard InChI is InChI=1S/C16H27N5O2/c1-3-14-18-8-12-20(14)11-7-15(22)19-13-5-9-21(10-6-13)16(23)17-4-2/h8,12-13H,3-7,9-11H2,1-2H3,(H,17,23)(H,19,22). The van der Waals surface area contributed by atoms with Crippen LogP contribution in [0.4, 0.5) is 4.79 Å². The number of imidazole rings is 1. The normalized spacial score (nSPS) is 15.5. The van der Waals surface area contributed by atoms with Crippen LogP contribution < -0.4 is 10.6 Å². The van der Waals surface area contributed by atoms with Gasteiger partial charge in [0.15, 0.2) is 0 Å². The molecule has 1 aromatic rings. The zero-order valence-electron chi connectivity index (χ0n) is 14.0. The molecule has 2 rings (SSSR count). The molecule has 0 aromatic carbocycles. The molecule has 1 saturated heterocycles. The molecule has 2 heterocycles. The van der Waals surface area contributed by atoms with E-state index in [1.54, 1.807) is 6.20 Å². The Balaban J connectivity index is 1.69. The Kier molecular flexibility index (Phi) is 6.43. The van der Waals surface area contributed by atoms with E-state index in [4.69, 9.17) is 0 Å². The zero-order chi connectivity index (χ0) is 16.7. The molecule has 23 heavy (non-hydrogen) atoms. The van der Waals surface area contributed by atoms with Gasteiger partial charge in [-0.2, -0.15) is 0 Å². The summed E-state index contributed by atoms with van der Waals surface area (Å²) in [6.07, 6.45) is 6.64. The van der Waals surface area contributed by atoms with E-state index in [2.05, 4.69) is 22.5 Å². The summed E-state index contributed by atoms with van der Waals surface area (Å²) >= 11 is 0. The number of carbonyl (C=O) groups excluding carboxylic acids is 2. The molecule has 1 fully saturated rings. The first-order valence-corrected chi connectivity index (χ1v) is 8.46. The third-order valence-corrected chi connectivity index (χ3v) is 4.17. The monoisotopic (exact) mass is 321 g/mol. The van der Waals surface area contributed by atoms with Crippen LogP contribution in [0.25, 0.3) is 0 Å². The quantitative estimate of drug-likeness (QED) is 0.825. The van der Waals surface area contributed by atoms with Crippen LogP contribution in [0.15, 0.2) is 12.4 Å². The lowest BCUT2D eigenvalue weighted by Gasteiger charge is -2.32. The highest BCUT2D eigenvalue weighted by molar-refractivity contribution is 5.76. The van der Waals surface area contributed by atoms with Gasteiger partial charge < -0.3 is 20.1 Å². The van der Waals surface area contributed by atoms with Crippen molar-refractivity contribution in [3.63, 3.8) is 0 Å². The number of urea groups is 1. The van der Waals surface area contributed by atoms with E-state index < -0.39 is 0 Å². The molecule has 0 aliphatic carbocycles. The number of aryl methyl sites for hydroxylation is 2. The van der Waals surface area contributed by atoms with Crippen molar-refractivity contribution in [1.29, 1.82) is 0 Å². The van der Waals surface area contributed by atoms with Gasteiger partial charge in [0.25, 0.3) is 0 Å². The van der Waals surface area contributed by atoms with Crippen molar-refractivity contribution in [3.8, 4) is 0 Å². The van der Waals surface area contributed by atoms with E-state index in [1.807, 2.05) is 22.6 Å². The lowest BCUT2D eigenvalue weighted by Crippen LogP contribution is -2.49. The number of rotatable bonds is 6.